The summed E-state index contributed by atoms with van der Waals surface area (Å²) in [5.74, 6) is 0.561. The van der Waals surface area contributed by atoms with Crippen molar-refractivity contribution in [2.75, 3.05) is 19.3 Å². The van der Waals surface area contributed by atoms with Gasteiger partial charge in [0, 0.05) is 12.2 Å². The summed E-state index contributed by atoms with van der Waals surface area (Å²) >= 11 is 0. The number of rotatable bonds is 6. The van der Waals surface area contributed by atoms with Gasteiger partial charge in [-0.1, -0.05) is 48.9 Å². The lowest BCUT2D eigenvalue weighted by molar-refractivity contribution is 0.313. The molecule has 0 spiro atoms. The molecular formula is C19H26N2. The average molecular weight is 282 g/mol. The Morgan fingerprint density at radius 3 is 2.24 bits per heavy atom. The molecule has 2 aromatic carbocycles. The highest BCUT2D eigenvalue weighted by molar-refractivity contribution is 5.40. The van der Waals surface area contributed by atoms with E-state index in [0.29, 0.717) is 5.92 Å². The second-order valence-corrected chi connectivity index (χ2v) is 6.08. The Kier molecular flexibility index (Phi) is 5.40. The van der Waals surface area contributed by atoms with Crippen LogP contribution in [-0.4, -0.2) is 18.5 Å². The Morgan fingerprint density at radius 2 is 1.62 bits per heavy atom. The maximum absolute atomic E-state index is 5.74. The Labute approximate surface area is 128 Å². The van der Waals surface area contributed by atoms with Crippen LogP contribution in [0.2, 0.25) is 0 Å². The first kappa shape index (κ1) is 15.6. The molecule has 0 fully saturated rings. The number of anilines is 1. The molecule has 1 atom stereocenters. The molecule has 112 valence electrons. The fourth-order valence-electron chi connectivity index (χ4n) is 2.49. The van der Waals surface area contributed by atoms with Crippen molar-refractivity contribution in [3.63, 3.8) is 0 Å². The fourth-order valence-corrected chi connectivity index (χ4v) is 2.49. The minimum absolute atomic E-state index is 0.561. The Bertz CT molecular complexity index is 543. The number of nitrogens with zero attached hydrogens (tertiary/aromatic N) is 1. The highest BCUT2D eigenvalue weighted by Gasteiger charge is 2.07. The lowest BCUT2D eigenvalue weighted by Gasteiger charge is -2.20. The van der Waals surface area contributed by atoms with Gasteiger partial charge in [0.25, 0.3) is 0 Å². The van der Waals surface area contributed by atoms with Crippen molar-refractivity contribution in [2.45, 2.75) is 32.7 Å². The first-order valence-electron chi connectivity index (χ1n) is 7.64. The molecule has 0 bridgehead atoms. The van der Waals surface area contributed by atoms with Crippen LogP contribution in [0, 0.1) is 6.92 Å². The number of benzene rings is 2. The molecule has 21 heavy (non-hydrogen) atoms. The predicted octanol–water partition coefficient (Wildman–Crippen LogP) is 4.20. The molecular weight excluding hydrogens is 256 g/mol. The van der Waals surface area contributed by atoms with Gasteiger partial charge < -0.3 is 10.6 Å². The molecule has 2 heteroatoms. The van der Waals surface area contributed by atoms with Crippen molar-refractivity contribution in [1.29, 1.82) is 0 Å². The monoisotopic (exact) mass is 282 g/mol. The van der Waals surface area contributed by atoms with E-state index in [9.17, 15) is 0 Å². The van der Waals surface area contributed by atoms with Crippen LogP contribution in [0.3, 0.4) is 0 Å². The van der Waals surface area contributed by atoms with Gasteiger partial charge in [0.15, 0.2) is 0 Å². The molecule has 0 heterocycles. The largest absolute Gasteiger partial charge is 0.399 e. The number of hydrogen-bond acceptors (Lipinski definition) is 2. The Balaban J connectivity index is 1.81. The van der Waals surface area contributed by atoms with Crippen LogP contribution in [0.5, 0.6) is 0 Å². The number of nitrogens with two attached hydrogens (primary N) is 1. The zero-order valence-electron chi connectivity index (χ0n) is 13.3. The third-order valence-corrected chi connectivity index (χ3v) is 4.02. The molecule has 0 aliphatic heterocycles. The quantitative estimate of drug-likeness (QED) is 0.804. The number of nitrogen functional groups attached to an aromatic ring is 1. The van der Waals surface area contributed by atoms with E-state index in [0.717, 1.165) is 25.2 Å². The average Bonchev–Trinajstić information content (AvgIpc) is 2.48. The molecule has 0 radical (unpaired) electrons. The van der Waals surface area contributed by atoms with Crippen LogP contribution in [0.1, 0.15) is 36.0 Å². The van der Waals surface area contributed by atoms with E-state index in [-0.39, 0.29) is 0 Å². The lowest BCUT2D eigenvalue weighted by Crippen LogP contribution is -2.20. The van der Waals surface area contributed by atoms with Crippen molar-refractivity contribution in [3.8, 4) is 0 Å². The minimum Gasteiger partial charge on any atom is -0.399 e. The van der Waals surface area contributed by atoms with Crippen molar-refractivity contribution in [2.24, 2.45) is 0 Å². The topological polar surface area (TPSA) is 29.3 Å². The molecule has 2 N–H and O–H groups in total. The molecule has 2 rings (SSSR count). The van der Waals surface area contributed by atoms with E-state index in [2.05, 4.69) is 62.2 Å². The van der Waals surface area contributed by atoms with E-state index in [1.165, 1.54) is 16.7 Å². The van der Waals surface area contributed by atoms with E-state index in [1.54, 1.807) is 0 Å². The molecule has 2 nitrogen and oxygen atoms in total. The van der Waals surface area contributed by atoms with Crippen molar-refractivity contribution in [1.82, 2.24) is 4.90 Å². The first-order valence-corrected chi connectivity index (χ1v) is 7.64. The number of aryl methyl sites for hydroxylation is 1. The molecule has 0 aliphatic rings. The summed E-state index contributed by atoms with van der Waals surface area (Å²) < 4.78 is 0. The van der Waals surface area contributed by atoms with E-state index < -0.39 is 0 Å². The maximum Gasteiger partial charge on any atom is 0.0314 e. The van der Waals surface area contributed by atoms with Crippen molar-refractivity contribution >= 4 is 5.69 Å². The normalized spacial score (nSPS) is 12.6. The fraction of sp³-hybridized carbons (Fsp3) is 0.368. The second kappa shape index (κ2) is 7.28. The standard InChI is InChI=1S/C19H26N2/c1-15-4-6-17(7-5-15)14-21(3)13-12-16(2)18-8-10-19(20)11-9-18/h4-11,16H,12-14,20H2,1-3H3. The van der Waals surface area contributed by atoms with Gasteiger partial charge in [-0.3, -0.25) is 0 Å². The van der Waals surface area contributed by atoms with Gasteiger partial charge in [0.05, 0.1) is 0 Å². The van der Waals surface area contributed by atoms with Crippen LogP contribution in [0.4, 0.5) is 5.69 Å². The zero-order chi connectivity index (χ0) is 15.2. The SMILES string of the molecule is Cc1ccc(CN(C)CCC(C)c2ccc(N)cc2)cc1. The molecule has 1 unspecified atom stereocenters. The van der Waals surface area contributed by atoms with E-state index in [1.807, 2.05) is 12.1 Å². The van der Waals surface area contributed by atoms with Crippen LogP contribution < -0.4 is 5.73 Å². The highest BCUT2D eigenvalue weighted by atomic mass is 15.1. The highest BCUT2D eigenvalue weighted by Crippen LogP contribution is 2.20. The van der Waals surface area contributed by atoms with Crippen LogP contribution in [-0.2, 0) is 6.54 Å². The summed E-state index contributed by atoms with van der Waals surface area (Å²) in [7, 11) is 2.19. The summed E-state index contributed by atoms with van der Waals surface area (Å²) in [6, 6.07) is 17.1. The van der Waals surface area contributed by atoms with Crippen molar-refractivity contribution in [3.05, 3.63) is 65.2 Å². The van der Waals surface area contributed by atoms with Crippen LogP contribution in [0.25, 0.3) is 0 Å². The van der Waals surface area contributed by atoms with Gasteiger partial charge in [-0.2, -0.15) is 0 Å². The molecule has 0 aliphatic carbocycles. The van der Waals surface area contributed by atoms with Gasteiger partial charge in [0.1, 0.15) is 0 Å². The molecule has 0 aromatic heterocycles. The predicted molar refractivity (Wildman–Crippen MR) is 91.4 cm³/mol. The smallest absolute Gasteiger partial charge is 0.0314 e. The number of hydrogen-bond donors (Lipinski definition) is 1. The summed E-state index contributed by atoms with van der Waals surface area (Å²) in [6.07, 6.45) is 1.16. The molecule has 0 saturated carbocycles. The van der Waals surface area contributed by atoms with Gasteiger partial charge in [-0.25, -0.2) is 0 Å². The van der Waals surface area contributed by atoms with E-state index >= 15 is 0 Å². The van der Waals surface area contributed by atoms with Gasteiger partial charge >= 0.3 is 0 Å². The third kappa shape index (κ3) is 4.91. The first-order chi connectivity index (χ1) is 10.0. The molecule has 0 saturated heterocycles. The summed E-state index contributed by atoms with van der Waals surface area (Å²) in [4.78, 5) is 2.39. The van der Waals surface area contributed by atoms with Gasteiger partial charge in [0.2, 0.25) is 0 Å². The molecule has 0 amide bonds. The van der Waals surface area contributed by atoms with Crippen LogP contribution in [0.15, 0.2) is 48.5 Å². The van der Waals surface area contributed by atoms with Crippen LogP contribution >= 0.6 is 0 Å². The Hall–Kier alpha value is -1.80. The minimum atomic E-state index is 0.561. The second-order valence-electron chi connectivity index (χ2n) is 6.08. The van der Waals surface area contributed by atoms with Gasteiger partial charge in [-0.15, -0.1) is 0 Å². The zero-order valence-corrected chi connectivity index (χ0v) is 13.3. The van der Waals surface area contributed by atoms with E-state index in [4.69, 9.17) is 5.73 Å². The summed E-state index contributed by atoms with van der Waals surface area (Å²) in [5, 5.41) is 0. The third-order valence-electron chi connectivity index (χ3n) is 4.02. The lowest BCUT2D eigenvalue weighted by atomic mass is 9.97. The maximum atomic E-state index is 5.74. The molecule has 2 aromatic rings. The van der Waals surface area contributed by atoms with Crippen molar-refractivity contribution < 1.29 is 0 Å². The summed E-state index contributed by atoms with van der Waals surface area (Å²) in [5.41, 5.74) is 10.6. The Morgan fingerprint density at radius 1 is 1.00 bits per heavy atom. The van der Waals surface area contributed by atoms with Gasteiger partial charge in [-0.05, 0) is 56.1 Å². The summed E-state index contributed by atoms with van der Waals surface area (Å²) in [6.45, 7) is 6.52.